The normalized spacial score (nSPS) is 10.9. The fourth-order valence-electron chi connectivity index (χ4n) is 2.19. The molecule has 0 atom stereocenters. The highest BCUT2D eigenvalue weighted by Crippen LogP contribution is 2.18. The second-order valence-corrected chi connectivity index (χ2v) is 6.17. The first-order valence-corrected chi connectivity index (χ1v) is 7.86. The van der Waals surface area contributed by atoms with Crippen LogP contribution in [0.3, 0.4) is 0 Å². The van der Waals surface area contributed by atoms with E-state index in [0.717, 1.165) is 21.5 Å². The zero-order valence-corrected chi connectivity index (χ0v) is 13.7. The number of carbonyl (C=O) groups excluding carboxylic acids is 1. The van der Waals surface area contributed by atoms with Crippen molar-refractivity contribution in [2.75, 3.05) is 12.4 Å². The predicted octanol–water partition coefficient (Wildman–Crippen LogP) is 2.50. The largest absolute Gasteiger partial charge is 0.379 e. The van der Waals surface area contributed by atoms with Crippen molar-refractivity contribution >= 4 is 33.5 Å². The molecule has 0 aliphatic carbocycles. The Morgan fingerprint density at radius 2 is 2.26 bits per heavy atom. The molecular weight excluding hydrogens is 314 g/mol. The van der Waals surface area contributed by atoms with Crippen LogP contribution in [0.2, 0.25) is 0 Å². The number of aryl methyl sites for hydroxylation is 1. The Balaban J connectivity index is 1.56. The van der Waals surface area contributed by atoms with E-state index < -0.39 is 0 Å². The molecule has 23 heavy (non-hydrogen) atoms. The van der Waals surface area contributed by atoms with E-state index in [-0.39, 0.29) is 6.03 Å². The summed E-state index contributed by atoms with van der Waals surface area (Å²) in [4.78, 5) is 21.3. The molecule has 2 amide bonds. The minimum Gasteiger partial charge on any atom is -0.379 e. The lowest BCUT2D eigenvalue weighted by Gasteiger charge is -2.06. The van der Waals surface area contributed by atoms with Gasteiger partial charge < -0.3 is 14.6 Å². The standard InChI is InChI=1S/C15H17N5O2S/c1-20-9-18-12-5-10(3-4-13(12)20)6-16-14(21)19-15-17-7-11(23-15)8-22-2/h3-5,7,9H,6,8H2,1-2H3,(H2,16,17,19,21). The molecule has 3 rings (SSSR count). The van der Waals surface area contributed by atoms with Crippen molar-refractivity contribution in [3.05, 3.63) is 41.2 Å². The van der Waals surface area contributed by atoms with E-state index >= 15 is 0 Å². The van der Waals surface area contributed by atoms with Gasteiger partial charge in [0.25, 0.3) is 0 Å². The highest BCUT2D eigenvalue weighted by molar-refractivity contribution is 7.15. The van der Waals surface area contributed by atoms with Crippen molar-refractivity contribution < 1.29 is 9.53 Å². The summed E-state index contributed by atoms with van der Waals surface area (Å²) in [6.07, 6.45) is 3.47. The molecule has 0 fully saturated rings. The van der Waals surface area contributed by atoms with Gasteiger partial charge in [-0.25, -0.2) is 14.8 Å². The Kier molecular flexibility index (Phi) is 4.54. The van der Waals surface area contributed by atoms with Crippen molar-refractivity contribution in [3.63, 3.8) is 0 Å². The van der Waals surface area contributed by atoms with Gasteiger partial charge in [-0.1, -0.05) is 17.4 Å². The fraction of sp³-hybridized carbons (Fsp3) is 0.267. The van der Waals surface area contributed by atoms with Crippen molar-refractivity contribution in [1.82, 2.24) is 19.9 Å². The molecule has 0 saturated carbocycles. The number of nitrogens with zero attached hydrogens (tertiary/aromatic N) is 3. The third-order valence-corrected chi connectivity index (χ3v) is 4.19. The van der Waals surface area contributed by atoms with Gasteiger partial charge in [0.15, 0.2) is 5.13 Å². The molecule has 0 aliphatic rings. The van der Waals surface area contributed by atoms with Gasteiger partial charge in [0.2, 0.25) is 0 Å². The highest BCUT2D eigenvalue weighted by atomic mass is 32.1. The number of carbonyl (C=O) groups is 1. The van der Waals surface area contributed by atoms with E-state index in [2.05, 4.69) is 20.6 Å². The SMILES string of the molecule is COCc1cnc(NC(=O)NCc2ccc3c(c2)ncn3C)s1. The van der Waals surface area contributed by atoms with Gasteiger partial charge in [-0.15, -0.1) is 0 Å². The van der Waals surface area contributed by atoms with Crippen LogP contribution in [0.15, 0.2) is 30.7 Å². The van der Waals surface area contributed by atoms with E-state index in [1.165, 1.54) is 11.3 Å². The maximum Gasteiger partial charge on any atom is 0.321 e. The topological polar surface area (TPSA) is 81.1 Å². The molecule has 2 aromatic heterocycles. The highest BCUT2D eigenvalue weighted by Gasteiger charge is 2.07. The molecule has 1 aromatic carbocycles. The molecule has 0 spiro atoms. The summed E-state index contributed by atoms with van der Waals surface area (Å²) in [5.74, 6) is 0. The summed E-state index contributed by atoms with van der Waals surface area (Å²) < 4.78 is 6.98. The number of thiazole rings is 1. The van der Waals surface area contributed by atoms with Gasteiger partial charge in [0.1, 0.15) is 0 Å². The van der Waals surface area contributed by atoms with E-state index in [1.807, 2.05) is 29.8 Å². The number of methoxy groups -OCH3 is 1. The van der Waals surface area contributed by atoms with Crippen LogP contribution in [0.5, 0.6) is 0 Å². The molecule has 0 unspecified atom stereocenters. The Labute approximate surface area is 137 Å². The Morgan fingerprint density at radius 3 is 3.09 bits per heavy atom. The summed E-state index contributed by atoms with van der Waals surface area (Å²) in [6.45, 7) is 0.916. The number of aromatic nitrogens is 3. The first kappa shape index (κ1) is 15.4. The van der Waals surface area contributed by atoms with Crippen LogP contribution in [-0.2, 0) is 24.9 Å². The molecule has 0 saturated heterocycles. The molecule has 8 heteroatoms. The second kappa shape index (κ2) is 6.76. The molecule has 0 aliphatic heterocycles. The summed E-state index contributed by atoms with van der Waals surface area (Å²) in [5, 5.41) is 6.08. The van der Waals surface area contributed by atoms with Crippen molar-refractivity contribution in [2.24, 2.45) is 7.05 Å². The van der Waals surface area contributed by atoms with E-state index in [4.69, 9.17) is 4.74 Å². The number of benzene rings is 1. The number of rotatable bonds is 5. The van der Waals surface area contributed by atoms with Crippen molar-refractivity contribution in [2.45, 2.75) is 13.2 Å². The van der Waals surface area contributed by atoms with Crippen LogP contribution in [-0.4, -0.2) is 27.7 Å². The summed E-state index contributed by atoms with van der Waals surface area (Å²) in [5.41, 5.74) is 2.97. The maximum absolute atomic E-state index is 11.9. The second-order valence-electron chi connectivity index (χ2n) is 5.05. The van der Waals surface area contributed by atoms with E-state index in [0.29, 0.717) is 18.3 Å². The molecule has 2 heterocycles. The minimum atomic E-state index is -0.288. The van der Waals surface area contributed by atoms with Gasteiger partial charge in [0, 0.05) is 26.9 Å². The number of nitrogens with one attached hydrogen (secondary N) is 2. The number of urea groups is 1. The summed E-state index contributed by atoms with van der Waals surface area (Å²) >= 11 is 1.39. The van der Waals surface area contributed by atoms with Crippen LogP contribution in [0, 0.1) is 0 Å². The van der Waals surface area contributed by atoms with Crippen LogP contribution in [0.1, 0.15) is 10.4 Å². The number of imidazole rings is 1. The fourth-order valence-corrected chi connectivity index (χ4v) is 2.97. The number of fused-ring (bicyclic) bond motifs is 1. The Bertz CT molecular complexity index is 826. The van der Waals surface area contributed by atoms with Gasteiger partial charge in [-0.2, -0.15) is 0 Å². The number of hydrogen-bond acceptors (Lipinski definition) is 5. The summed E-state index contributed by atoms with van der Waals surface area (Å²) in [6, 6.07) is 5.65. The zero-order chi connectivity index (χ0) is 16.2. The van der Waals surface area contributed by atoms with Gasteiger partial charge in [-0.05, 0) is 17.7 Å². The lowest BCUT2D eigenvalue weighted by molar-refractivity contribution is 0.187. The molecule has 0 bridgehead atoms. The van der Waals surface area contributed by atoms with E-state index in [9.17, 15) is 4.79 Å². The lowest BCUT2D eigenvalue weighted by atomic mass is 10.2. The Hall–Kier alpha value is -2.45. The van der Waals surface area contributed by atoms with Gasteiger partial charge in [-0.3, -0.25) is 5.32 Å². The van der Waals surface area contributed by atoms with Crippen LogP contribution in [0.25, 0.3) is 11.0 Å². The van der Waals surface area contributed by atoms with Gasteiger partial charge >= 0.3 is 6.03 Å². The number of amides is 2. The number of anilines is 1. The van der Waals surface area contributed by atoms with Crippen molar-refractivity contribution in [3.8, 4) is 0 Å². The smallest absolute Gasteiger partial charge is 0.321 e. The van der Waals surface area contributed by atoms with E-state index in [1.54, 1.807) is 19.6 Å². The van der Waals surface area contributed by atoms with Crippen LogP contribution >= 0.6 is 11.3 Å². The molecule has 0 radical (unpaired) electrons. The average Bonchev–Trinajstić information content (AvgIpc) is 3.13. The minimum absolute atomic E-state index is 0.288. The quantitative estimate of drug-likeness (QED) is 0.753. The maximum atomic E-state index is 11.9. The lowest BCUT2D eigenvalue weighted by Crippen LogP contribution is -2.28. The van der Waals surface area contributed by atoms with Crippen LogP contribution in [0.4, 0.5) is 9.93 Å². The first-order chi connectivity index (χ1) is 11.2. The summed E-state index contributed by atoms with van der Waals surface area (Å²) in [7, 11) is 3.57. The van der Waals surface area contributed by atoms with Crippen molar-refractivity contribution in [1.29, 1.82) is 0 Å². The number of hydrogen-bond donors (Lipinski definition) is 2. The van der Waals surface area contributed by atoms with Crippen LogP contribution < -0.4 is 10.6 Å². The molecular formula is C15H17N5O2S. The number of ether oxygens (including phenoxy) is 1. The molecule has 7 nitrogen and oxygen atoms in total. The first-order valence-electron chi connectivity index (χ1n) is 7.04. The monoisotopic (exact) mass is 331 g/mol. The van der Waals surface area contributed by atoms with Gasteiger partial charge in [0.05, 0.1) is 28.8 Å². The third kappa shape index (κ3) is 3.66. The Morgan fingerprint density at radius 1 is 1.39 bits per heavy atom. The molecule has 2 N–H and O–H groups in total. The third-order valence-electron chi connectivity index (χ3n) is 3.30. The zero-order valence-electron chi connectivity index (χ0n) is 12.9. The molecule has 3 aromatic rings. The average molecular weight is 331 g/mol. The molecule has 120 valence electrons. The predicted molar refractivity (Wildman–Crippen MR) is 89.4 cm³/mol.